The molecule has 0 spiro atoms. The predicted octanol–water partition coefficient (Wildman–Crippen LogP) is 1.14. The summed E-state index contributed by atoms with van der Waals surface area (Å²) in [5, 5.41) is 11.4. The molecule has 0 radical (unpaired) electrons. The minimum absolute atomic E-state index is 0.0130. The molecule has 0 aliphatic heterocycles. The maximum Gasteiger partial charge on any atom is 0.326 e. The molecule has 0 aliphatic rings. The third kappa shape index (κ3) is 6.56. The molecule has 1 atom stereocenters. The number of ether oxygens (including phenoxy) is 1. The minimum Gasteiger partial charge on any atom is -0.480 e. The number of methoxy groups -OCH3 is 1. The summed E-state index contributed by atoms with van der Waals surface area (Å²) in [6.07, 6.45) is 0.702. The Balaban J connectivity index is 2.41. The topological polar surface area (TPSA) is 92.7 Å². The van der Waals surface area contributed by atoms with Gasteiger partial charge in [-0.25, -0.2) is 4.79 Å². The van der Waals surface area contributed by atoms with Crippen LogP contribution in [0.5, 0.6) is 0 Å². The number of aryl methyl sites for hydroxylation is 1. The van der Waals surface area contributed by atoms with Crippen molar-refractivity contribution in [1.29, 1.82) is 0 Å². The van der Waals surface area contributed by atoms with E-state index in [0.29, 0.717) is 6.42 Å². The second-order valence-corrected chi connectivity index (χ2v) is 4.56. The first-order valence-corrected chi connectivity index (χ1v) is 6.66. The van der Waals surface area contributed by atoms with E-state index in [1.165, 1.54) is 7.11 Å². The van der Waals surface area contributed by atoms with Gasteiger partial charge in [-0.2, -0.15) is 0 Å². The summed E-state index contributed by atoms with van der Waals surface area (Å²) in [7, 11) is 1.23. The number of nitrogens with one attached hydrogen (secondary N) is 1. The smallest absolute Gasteiger partial charge is 0.326 e. The molecule has 1 rings (SSSR count). The number of amides is 1. The maximum absolute atomic E-state index is 11.8. The monoisotopic (exact) mass is 293 g/mol. The Kier molecular flexibility index (Phi) is 6.94. The van der Waals surface area contributed by atoms with Crippen molar-refractivity contribution in [2.24, 2.45) is 0 Å². The first kappa shape index (κ1) is 16.7. The largest absolute Gasteiger partial charge is 0.480 e. The second-order valence-electron chi connectivity index (χ2n) is 4.56. The van der Waals surface area contributed by atoms with Gasteiger partial charge in [0.2, 0.25) is 5.91 Å². The highest BCUT2D eigenvalue weighted by Gasteiger charge is 2.20. The van der Waals surface area contributed by atoms with E-state index in [9.17, 15) is 14.4 Å². The predicted molar refractivity (Wildman–Crippen MR) is 75.6 cm³/mol. The van der Waals surface area contributed by atoms with Crippen LogP contribution in [0.25, 0.3) is 0 Å². The van der Waals surface area contributed by atoms with Crippen molar-refractivity contribution in [2.45, 2.75) is 31.7 Å². The lowest BCUT2D eigenvalue weighted by molar-refractivity contribution is -0.144. The van der Waals surface area contributed by atoms with Crippen molar-refractivity contribution < 1.29 is 24.2 Å². The number of carbonyl (C=O) groups is 3. The fourth-order valence-corrected chi connectivity index (χ4v) is 1.79. The maximum atomic E-state index is 11.8. The Morgan fingerprint density at radius 2 is 1.86 bits per heavy atom. The van der Waals surface area contributed by atoms with E-state index < -0.39 is 18.0 Å². The molecule has 6 nitrogen and oxygen atoms in total. The highest BCUT2D eigenvalue weighted by atomic mass is 16.5. The second kappa shape index (κ2) is 8.73. The molecule has 0 fully saturated rings. The molecule has 2 N–H and O–H groups in total. The van der Waals surface area contributed by atoms with E-state index in [-0.39, 0.29) is 25.2 Å². The van der Waals surface area contributed by atoms with Crippen molar-refractivity contribution in [3.05, 3.63) is 35.9 Å². The number of benzene rings is 1. The number of esters is 1. The number of rotatable bonds is 8. The molecule has 0 aliphatic carbocycles. The number of carbonyl (C=O) groups excluding carboxylic acids is 2. The number of carboxylic acid groups (broad SMARTS) is 1. The SMILES string of the molecule is COC(=O)CC[C@H](NC(=O)CCc1ccccc1)C(=O)O. The summed E-state index contributed by atoms with van der Waals surface area (Å²) in [5.41, 5.74) is 1.01. The van der Waals surface area contributed by atoms with Crippen LogP contribution < -0.4 is 5.32 Å². The van der Waals surface area contributed by atoms with Crippen LogP contribution in [0.15, 0.2) is 30.3 Å². The van der Waals surface area contributed by atoms with Crippen molar-refractivity contribution in [1.82, 2.24) is 5.32 Å². The zero-order valence-electron chi connectivity index (χ0n) is 11.9. The van der Waals surface area contributed by atoms with Crippen molar-refractivity contribution in [3.8, 4) is 0 Å². The third-order valence-electron chi connectivity index (χ3n) is 2.98. The van der Waals surface area contributed by atoms with Gasteiger partial charge in [0.25, 0.3) is 0 Å². The van der Waals surface area contributed by atoms with Gasteiger partial charge in [0.05, 0.1) is 7.11 Å². The Labute approximate surface area is 123 Å². The van der Waals surface area contributed by atoms with Crippen LogP contribution in [0.1, 0.15) is 24.8 Å². The van der Waals surface area contributed by atoms with Crippen LogP contribution in [0, 0.1) is 0 Å². The van der Waals surface area contributed by atoms with Crippen LogP contribution in [0.4, 0.5) is 0 Å². The van der Waals surface area contributed by atoms with Crippen molar-refractivity contribution in [3.63, 3.8) is 0 Å². The summed E-state index contributed by atoms with van der Waals surface area (Å²) in [6.45, 7) is 0. The molecule has 0 aromatic heterocycles. The fraction of sp³-hybridized carbons (Fsp3) is 0.400. The number of hydrogen-bond donors (Lipinski definition) is 2. The van der Waals surface area contributed by atoms with E-state index in [0.717, 1.165) is 5.56 Å². The molecule has 0 unspecified atom stereocenters. The number of carboxylic acids is 1. The first-order chi connectivity index (χ1) is 10.0. The van der Waals surface area contributed by atoms with E-state index in [1.54, 1.807) is 0 Å². The molecule has 114 valence electrons. The lowest BCUT2D eigenvalue weighted by Gasteiger charge is -2.13. The molecule has 1 amide bonds. The minimum atomic E-state index is -1.16. The van der Waals surface area contributed by atoms with Gasteiger partial charge < -0.3 is 15.2 Å². The highest BCUT2D eigenvalue weighted by Crippen LogP contribution is 2.04. The van der Waals surface area contributed by atoms with Crippen LogP contribution in [0.3, 0.4) is 0 Å². The lowest BCUT2D eigenvalue weighted by atomic mass is 10.1. The summed E-state index contributed by atoms with van der Waals surface area (Å²) in [5.74, 6) is -2.01. The van der Waals surface area contributed by atoms with Gasteiger partial charge in [-0.05, 0) is 18.4 Å². The summed E-state index contributed by atoms with van der Waals surface area (Å²) in [6, 6.07) is 8.37. The van der Waals surface area contributed by atoms with E-state index >= 15 is 0 Å². The fourth-order valence-electron chi connectivity index (χ4n) is 1.79. The molecule has 1 aromatic carbocycles. The molecule has 6 heteroatoms. The Hall–Kier alpha value is -2.37. The summed E-state index contributed by atoms with van der Waals surface area (Å²) < 4.78 is 4.45. The van der Waals surface area contributed by atoms with Gasteiger partial charge in [0, 0.05) is 12.8 Å². The van der Waals surface area contributed by atoms with Crippen molar-refractivity contribution in [2.75, 3.05) is 7.11 Å². The molecule has 0 saturated carbocycles. The highest BCUT2D eigenvalue weighted by molar-refractivity contribution is 5.84. The Morgan fingerprint density at radius 1 is 1.19 bits per heavy atom. The average molecular weight is 293 g/mol. The zero-order valence-corrected chi connectivity index (χ0v) is 11.9. The van der Waals surface area contributed by atoms with Gasteiger partial charge in [-0.1, -0.05) is 30.3 Å². The molecule has 21 heavy (non-hydrogen) atoms. The molecule has 0 heterocycles. The van der Waals surface area contributed by atoms with Crippen LogP contribution in [0.2, 0.25) is 0 Å². The van der Waals surface area contributed by atoms with Gasteiger partial charge in [0.1, 0.15) is 6.04 Å². The summed E-state index contributed by atoms with van der Waals surface area (Å²) >= 11 is 0. The quantitative estimate of drug-likeness (QED) is 0.701. The average Bonchev–Trinajstić information content (AvgIpc) is 2.49. The number of aliphatic carboxylic acids is 1. The lowest BCUT2D eigenvalue weighted by Crippen LogP contribution is -2.41. The first-order valence-electron chi connectivity index (χ1n) is 6.66. The van der Waals surface area contributed by atoms with Crippen LogP contribution >= 0.6 is 0 Å². The summed E-state index contributed by atoms with van der Waals surface area (Å²) in [4.78, 5) is 33.8. The Morgan fingerprint density at radius 3 is 2.43 bits per heavy atom. The Bertz CT molecular complexity index is 486. The van der Waals surface area contributed by atoms with E-state index in [1.807, 2.05) is 30.3 Å². The van der Waals surface area contributed by atoms with Gasteiger partial charge >= 0.3 is 11.9 Å². The molecule has 0 saturated heterocycles. The van der Waals surface area contributed by atoms with Gasteiger partial charge in [0.15, 0.2) is 0 Å². The standard InChI is InChI=1S/C15H19NO5/c1-21-14(18)10-8-12(15(19)20)16-13(17)9-7-11-5-3-2-4-6-11/h2-6,12H,7-10H2,1H3,(H,16,17)(H,19,20)/t12-/m0/s1. The normalized spacial score (nSPS) is 11.5. The molecule has 1 aromatic rings. The molecular formula is C15H19NO5. The van der Waals surface area contributed by atoms with Crippen LogP contribution in [-0.4, -0.2) is 36.1 Å². The number of hydrogen-bond acceptors (Lipinski definition) is 4. The van der Waals surface area contributed by atoms with Crippen LogP contribution in [-0.2, 0) is 25.5 Å². The molecular weight excluding hydrogens is 274 g/mol. The van der Waals surface area contributed by atoms with Gasteiger partial charge in [-0.15, -0.1) is 0 Å². The third-order valence-corrected chi connectivity index (χ3v) is 2.98. The van der Waals surface area contributed by atoms with E-state index in [2.05, 4.69) is 10.1 Å². The molecule has 0 bridgehead atoms. The van der Waals surface area contributed by atoms with Crippen molar-refractivity contribution >= 4 is 17.8 Å². The van der Waals surface area contributed by atoms with Gasteiger partial charge in [-0.3, -0.25) is 9.59 Å². The zero-order chi connectivity index (χ0) is 15.7. The van der Waals surface area contributed by atoms with E-state index in [4.69, 9.17) is 5.11 Å².